The fourth-order valence-corrected chi connectivity index (χ4v) is 3.98. The SMILES string of the molecule is Cc1c(-c2ccc(F)cc2)c(OC(=O)N(C)CC(C)(C)CO)n(Cc2ccccc2)c1C(F)(F)F. The number of hydrogen-bond donors (Lipinski definition) is 1. The van der Waals surface area contributed by atoms with Gasteiger partial charge in [-0.15, -0.1) is 0 Å². The van der Waals surface area contributed by atoms with Crippen molar-refractivity contribution in [1.29, 1.82) is 0 Å². The number of halogens is 4. The van der Waals surface area contributed by atoms with E-state index in [4.69, 9.17) is 4.74 Å². The normalized spacial score (nSPS) is 12.0. The molecular weight excluding hydrogens is 464 g/mol. The topological polar surface area (TPSA) is 54.7 Å². The predicted octanol–water partition coefficient (Wildman–Crippen LogP) is 6.12. The Balaban J connectivity index is 2.19. The molecule has 0 fully saturated rings. The number of benzene rings is 2. The molecule has 1 aromatic heterocycles. The number of hydrogen-bond acceptors (Lipinski definition) is 3. The zero-order valence-corrected chi connectivity index (χ0v) is 20.0. The van der Waals surface area contributed by atoms with Crippen LogP contribution in [0.15, 0.2) is 54.6 Å². The Bertz CT molecular complexity index is 1170. The molecule has 0 saturated heterocycles. The molecule has 0 atom stereocenters. The first kappa shape index (κ1) is 26.3. The lowest BCUT2D eigenvalue weighted by Crippen LogP contribution is -2.39. The van der Waals surface area contributed by atoms with Crippen LogP contribution in [-0.2, 0) is 12.7 Å². The third-order valence-electron chi connectivity index (χ3n) is 5.63. The highest BCUT2D eigenvalue weighted by Gasteiger charge is 2.41. The number of ether oxygens (including phenoxy) is 1. The first-order valence-electron chi connectivity index (χ1n) is 11.0. The lowest BCUT2D eigenvalue weighted by Gasteiger charge is -2.28. The van der Waals surface area contributed by atoms with Crippen LogP contribution < -0.4 is 4.74 Å². The van der Waals surface area contributed by atoms with E-state index in [9.17, 15) is 27.5 Å². The molecule has 0 bridgehead atoms. The second kappa shape index (κ2) is 10.1. The maximum absolute atomic E-state index is 14.3. The third-order valence-corrected chi connectivity index (χ3v) is 5.63. The van der Waals surface area contributed by atoms with Gasteiger partial charge in [-0.25, -0.2) is 9.18 Å². The first-order chi connectivity index (χ1) is 16.3. The van der Waals surface area contributed by atoms with E-state index in [2.05, 4.69) is 0 Å². The molecule has 188 valence electrons. The minimum Gasteiger partial charge on any atom is -0.396 e. The number of aliphatic hydroxyl groups is 1. The lowest BCUT2D eigenvalue weighted by atomic mass is 9.94. The Hall–Kier alpha value is -3.33. The number of alkyl halides is 3. The van der Waals surface area contributed by atoms with Crippen molar-refractivity contribution >= 4 is 6.09 Å². The summed E-state index contributed by atoms with van der Waals surface area (Å²) in [5.74, 6) is -0.834. The number of carbonyl (C=O) groups is 1. The van der Waals surface area contributed by atoms with Crippen molar-refractivity contribution in [3.8, 4) is 17.0 Å². The summed E-state index contributed by atoms with van der Waals surface area (Å²) in [6.07, 6.45) is -5.63. The van der Waals surface area contributed by atoms with E-state index >= 15 is 0 Å². The van der Waals surface area contributed by atoms with Crippen LogP contribution in [0, 0.1) is 18.2 Å². The van der Waals surface area contributed by atoms with Gasteiger partial charge in [-0.05, 0) is 35.7 Å². The molecular formula is C26H28F4N2O3. The summed E-state index contributed by atoms with van der Waals surface area (Å²) in [6.45, 7) is 4.49. The molecule has 0 spiro atoms. The molecule has 2 aromatic carbocycles. The molecule has 0 saturated carbocycles. The van der Waals surface area contributed by atoms with Gasteiger partial charge in [0, 0.05) is 31.2 Å². The van der Waals surface area contributed by atoms with Crippen LogP contribution in [-0.4, -0.2) is 40.9 Å². The molecule has 0 unspecified atom stereocenters. The summed E-state index contributed by atoms with van der Waals surface area (Å²) in [5, 5.41) is 9.53. The van der Waals surface area contributed by atoms with Gasteiger partial charge in [-0.1, -0.05) is 56.3 Å². The monoisotopic (exact) mass is 492 g/mol. The summed E-state index contributed by atoms with van der Waals surface area (Å²) in [6, 6.07) is 13.5. The van der Waals surface area contributed by atoms with Crippen molar-refractivity contribution in [3.05, 3.63) is 77.2 Å². The molecule has 0 aliphatic rings. The molecule has 5 nitrogen and oxygen atoms in total. The second-order valence-corrected chi connectivity index (χ2v) is 9.28. The van der Waals surface area contributed by atoms with Gasteiger partial charge in [-0.2, -0.15) is 13.2 Å². The largest absolute Gasteiger partial charge is 0.431 e. The van der Waals surface area contributed by atoms with Crippen molar-refractivity contribution in [2.75, 3.05) is 20.2 Å². The summed E-state index contributed by atoms with van der Waals surface area (Å²) in [4.78, 5) is 14.2. The van der Waals surface area contributed by atoms with Crippen LogP contribution >= 0.6 is 0 Å². The number of rotatable bonds is 7. The summed E-state index contributed by atoms with van der Waals surface area (Å²) in [7, 11) is 1.44. The first-order valence-corrected chi connectivity index (χ1v) is 11.0. The highest BCUT2D eigenvalue weighted by atomic mass is 19.4. The van der Waals surface area contributed by atoms with Gasteiger partial charge in [0.2, 0.25) is 5.88 Å². The summed E-state index contributed by atoms with van der Waals surface area (Å²) < 4.78 is 63.0. The van der Waals surface area contributed by atoms with Crippen LogP contribution in [0.25, 0.3) is 11.1 Å². The van der Waals surface area contributed by atoms with E-state index in [0.717, 1.165) is 16.7 Å². The standard InChI is InChI=1S/C26H28F4N2O3/c1-17-21(19-10-12-20(27)13-11-19)23(35-24(34)31(4)15-25(2,3)16-33)32(22(17)26(28,29)30)14-18-8-6-5-7-9-18/h5-13,33H,14-16H2,1-4H3. The Morgan fingerprint density at radius 3 is 2.20 bits per heavy atom. The highest BCUT2D eigenvalue weighted by molar-refractivity contribution is 5.79. The van der Waals surface area contributed by atoms with Gasteiger partial charge < -0.3 is 19.3 Å². The van der Waals surface area contributed by atoms with Crippen molar-refractivity contribution in [2.45, 2.75) is 33.5 Å². The van der Waals surface area contributed by atoms with Gasteiger partial charge in [0.1, 0.15) is 11.5 Å². The Morgan fingerprint density at radius 2 is 1.66 bits per heavy atom. The quantitative estimate of drug-likeness (QED) is 0.405. The molecule has 1 heterocycles. The fourth-order valence-electron chi connectivity index (χ4n) is 3.98. The molecule has 3 aromatic rings. The zero-order valence-electron chi connectivity index (χ0n) is 20.0. The van der Waals surface area contributed by atoms with Crippen molar-refractivity contribution < 1.29 is 32.2 Å². The molecule has 35 heavy (non-hydrogen) atoms. The van der Waals surface area contributed by atoms with Crippen LogP contribution in [0.5, 0.6) is 5.88 Å². The van der Waals surface area contributed by atoms with Crippen LogP contribution in [0.3, 0.4) is 0 Å². The Kier molecular flexibility index (Phi) is 7.59. The van der Waals surface area contributed by atoms with E-state index < -0.39 is 29.2 Å². The molecule has 0 radical (unpaired) electrons. The molecule has 0 aliphatic heterocycles. The van der Waals surface area contributed by atoms with E-state index in [-0.39, 0.29) is 42.3 Å². The molecule has 1 N–H and O–H groups in total. The zero-order chi connectivity index (χ0) is 26.0. The van der Waals surface area contributed by atoms with E-state index in [1.807, 2.05) is 0 Å². The van der Waals surface area contributed by atoms with Gasteiger partial charge in [0.15, 0.2) is 0 Å². The van der Waals surface area contributed by atoms with E-state index in [0.29, 0.717) is 5.56 Å². The summed E-state index contributed by atoms with van der Waals surface area (Å²) >= 11 is 0. The third kappa shape index (κ3) is 6.03. The minimum atomic E-state index is -4.75. The van der Waals surface area contributed by atoms with E-state index in [1.165, 1.54) is 31.0 Å². The fraction of sp³-hybridized carbons (Fsp3) is 0.346. The number of aliphatic hydroxyl groups excluding tert-OH is 1. The summed E-state index contributed by atoms with van der Waals surface area (Å²) in [5.41, 5.74) is -0.834. The predicted molar refractivity (Wildman–Crippen MR) is 125 cm³/mol. The highest BCUT2D eigenvalue weighted by Crippen LogP contribution is 2.45. The lowest BCUT2D eigenvalue weighted by molar-refractivity contribution is -0.144. The van der Waals surface area contributed by atoms with Crippen molar-refractivity contribution in [2.24, 2.45) is 5.41 Å². The molecule has 1 amide bonds. The average molecular weight is 493 g/mol. The van der Waals surface area contributed by atoms with Gasteiger partial charge >= 0.3 is 12.3 Å². The average Bonchev–Trinajstić information content (AvgIpc) is 3.05. The van der Waals surface area contributed by atoms with Crippen molar-refractivity contribution in [3.63, 3.8) is 0 Å². The number of nitrogens with zero attached hydrogens (tertiary/aromatic N) is 2. The number of aromatic nitrogens is 1. The maximum atomic E-state index is 14.3. The van der Waals surface area contributed by atoms with Crippen LogP contribution in [0.2, 0.25) is 0 Å². The Morgan fingerprint density at radius 1 is 1.06 bits per heavy atom. The van der Waals surface area contributed by atoms with E-state index in [1.54, 1.807) is 44.2 Å². The minimum absolute atomic E-state index is 0.0522. The van der Waals surface area contributed by atoms with Crippen LogP contribution in [0.4, 0.5) is 22.4 Å². The number of carbonyl (C=O) groups excluding carboxylic acids is 1. The van der Waals surface area contributed by atoms with Crippen molar-refractivity contribution in [1.82, 2.24) is 9.47 Å². The van der Waals surface area contributed by atoms with Crippen LogP contribution in [0.1, 0.15) is 30.7 Å². The van der Waals surface area contributed by atoms with Gasteiger partial charge in [0.05, 0.1) is 6.54 Å². The Labute approximate surface area is 201 Å². The molecule has 3 rings (SSSR count). The smallest absolute Gasteiger partial charge is 0.396 e. The molecule has 9 heteroatoms. The van der Waals surface area contributed by atoms with Gasteiger partial charge in [-0.3, -0.25) is 0 Å². The second-order valence-electron chi connectivity index (χ2n) is 9.28. The van der Waals surface area contributed by atoms with Gasteiger partial charge in [0.25, 0.3) is 0 Å². The number of amides is 1. The molecule has 0 aliphatic carbocycles. The maximum Gasteiger partial charge on any atom is 0.431 e.